The van der Waals surface area contributed by atoms with Crippen molar-refractivity contribution in [3.63, 3.8) is 0 Å². The minimum atomic E-state index is -0.301. The lowest BCUT2D eigenvalue weighted by atomic mass is 10.0. The van der Waals surface area contributed by atoms with Gasteiger partial charge >= 0.3 is 0 Å². The Morgan fingerprint density at radius 2 is 1.71 bits per heavy atom. The third-order valence-corrected chi connectivity index (χ3v) is 5.44. The number of benzene rings is 3. The van der Waals surface area contributed by atoms with Gasteiger partial charge in [-0.25, -0.2) is 14.1 Å². The molecule has 2 heterocycles. The van der Waals surface area contributed by atoms with Gasteiger partial charge in [0.25, 0.3) is 0 Å². The van der Waals surface area contributed by atoms with Crippen LogP contribution in [0.4, 0.5) is 4.39 Å². The van der Waals surface area contributed by atoms with Crippen molar-refractivity contribution in [1.82, 2.24) is 14.8 Å². The second-order valence-electron chi connectivity index (χ2n) is 7.69. The molecule has 0 aliphatic heterocycles. The molecule has 0 fully saturated rings. The minimum absolute atomic E-state index is 0.301. The van der Waals surface area contributed by atoms with Crippen molar-refractivity contribution in [2.75, 3.05) is 7.11 Å². The van der Waals surface area contributed by atoms with Gasteiger partial charge in [-0.3, -0.25) is 0 Å². The van der Waals surface area contributed by atoms with E-state index in [1.54, 1.807) is 25.6 Å². The van der Waals surface area contributed by atoms with Gasteiger partial charge in [0.15, 0.2) is 0 Å². The first-order chi connectivity index (χ1) is 16.7. The summed E-state index contributed by atoms with van der Waals surface area (Å²) >= 11 is 0. The van der Waals surface area contributed by atoms with Gasteiger partial charge in [0.1, 0.15) is 18.2 Å². The molecule has 0 radical (unpaired) electrons. The lowest BCUT2D eigenvalue weighted by Gasteiger charge is -2.15. The number of hydrogen-bond donors (Lipinski definition) is 0. The molecule has 3 aromatic carbocycles. The van der Waals surface area contributed by atoms with Gasteiger partial charge in [-0.05, 0) is 47.5 Å². The highest BCUT2D eigenvalue weighted by molar-refractivity contribution is 5.75. The molecule has 0 saturated heterocycles. The monoisotopic (exact) mass is 451 g/mol. The van der Waals surface area contributed by atoms with Crippen molar-refractivity contribution >= 4 is 0 Å². The summed E-state index contributed by atoms with van der Waals surface area (Å²) < 4.78 is 27.2. The van der Waals surface area contributed by atoms with E-state index in [0.717, 1.165) is 39.4 Å². The Kier molecular flexibility index (Phi) is 6.03. The number of halogens is 1. The fourth-order valence-electron chi connectivity index (χ4n) is 3.76. The lowest BCUT2D eigenvalue weighted by molar-refractivity contribution is 0.295. The summed E-state index contributed by atoms with van der Waals surface area (Å²) in [6, 6.07) is 27.9. The molecular weight excluding hydrogens is 429 g/mol. The van der Waals surface area contributed by atoms with Crippen molar-refractivity contribution in [2.45, 2.75) is 6.61 Å². The molecule has 0 saturated carbocycles. The van der Waals surface area contributed by atoms with Crippen LogP contribution in [0.15, 0.2) is 103 Å². The molecule has 34 heavy (non-hydrogen) atoms. The maximum Gasteiger partial charge on any atom is 0.223 e. The Morgan fingerprint density at radius 3 is 2.53 bits per heavy atom. The summed E-state index contributed by atoms with van der Waals surface area (Å²) in [6.07, 6.45) is 3.43. The van der Waals surface area contributed by atoms with Gasteiger partial charge in [0.2, 0.25) is 5.88 Å². The Hall–Kier alpha value is -4.45. The number of pyridine rings is 1. The van der Waals surface area contributed by atoms with Crippen LogP contribution >= 0.6 is 0 Å². The third-order valence-electron chi connectivity index (χ3n) is 5.44. The Balaban J connectivity index is 1.60. The topological polar surface area (TPSA) is 49.2 Å². The number of rotatable bonds is 7. The van der Waals surface area contributed by atoms with E-state index in [1.807, 2.05) is 77.5 Å². The van der Waals surface area contributed by atoms with Crippen molar-refractivity contribution in [3.8, 4) is 39.7 Å². The van der Waals surface area contributed by atoms with Crippen molar-refractivity contribution in [1.29, 1.82) is 0 Å². The van der Waals surface area contributed by atoms with Crippen LogP contribution in [0.25, 0.3) is 28.1 Å². The van der Waals surface area contributed by atoms with Crippen LogP contribution in [0.2, 0.25) is 0 Å². The van der Waals surface area contributed by atoms with Crippen molar-refractivity contribution < 1.29 is 13.9 Å². The standard InChI is InChI=1S/C28H22FN3O2/c1-33-25-12-6-11-24(17-25)32-27(13-14-31-32)26-16-22(21-9-5-10-23(29)15-21)18-30-28(26)34-19-20-7-3-2-4-8-20/h2-18H,19H2,1H3. The van der Waals surface area contributed by atoms with Crippen molar-refractivity contribution in [3.05, 3.63) is 115 Å². The highest BCUT2D eigenvalue weighted by Gasteiger charge is 2.17. The molecular formula is C28H22FN3O2. The summed E-state index contributed by atoms with van der Waals surface area (Å²) in [7, 11) is 1.63. The fraction of sp³-hybridized carbons (Fsp3) is 0.0714. The van der Waals surface area contributed by atoms with Gasteiger partial charge in [0.05, 0.1) is 30.3 Å². The number of nitrogens with zero attached hydrogens (tertiary/aromatic N) is 3. The minimum Gasteiger partial charge on any atom is -0.497 e. The van der Waals surface area contributed by atoms with Crippen LogP contribution < -0.4 is 9.47 Å². The molecule has 0 atom stereocenters. The number of methoxy groups -OCH3 is 1. The molecule has 0 aliphatic rings. The van der Waals surface area contributed by atoms with E-state index in [-0.39, 0.29) is 5.82 Å². The summed E-state index contributed by atoms with van der Waals surface area (Å²) in [6.45, 7) is 0.369. The normalized spacial score (nSPS) is 10.8. The SMILES string of the molecule is COc1cccc(-n2nccc2-c2cc(-c3cccc(F)c3)cnc2OCc2ccccc2)c1. The summed E-state index contributed by atoms with van der Waals surface area (Å²) in [4.78, 5) is 4.61. The van der Waals surface area contributed by atoms with E-state index >= 15 is 0 Å². The van der Waals surface area contributed by atoms with Gasteiger partial charge in [-0.1, -0.05) is 48.5 Å². The fourth-order valence-corrected chi connectivity index (χ4v) is 3.76. The average molecular weight is 452 g/mol. The Morgan fingerprint density at radius 1 is 0.853 bits per heavy atom. The van der Waals surface area contributed by atoms with Crippen LogP contribution in [-0.2, 0) is 6.61 Å². The maximum absolute atomic E-state index is 13.9. The molecule has 5 nitrogen and oxygen atoms in total. The molecule has 0 amide bonds. The van der Waals surface area contributed by atoms with E-state index in [4.69, 9.17) is 9.47 Å². The second kappa shape index (κ2) is 9.58. The average Bonchev–Trinajstić information content (AvgIpc) is 3.38. The quantitative estimate of drug-likeness (QED) is 0.290. The van der Waals surface area contributed by atoms with Crippen LogP contribution in [0.5, 0.6) is 11.6 Å². The van der Waals surface area contributed by atoms with Crippen molar-refractivity contribution in [2.24, 2.45) is 0 Å². The Bertz CT molecular complexity index is 1420. The van der Waals surface area contributed by atoms with E-state index in [1.165, 1.54) is 12.1 Å². The van der Waals surface area contributed by atoms with Gasteiger partial charge in [0, 0.05) is 17.8 Å². The smallest absolute Gasteiger partial charge is 0.223 e. The van der Waals surface area contributed by atoms with E-state index < -0.39 is 0 Å². The highest BCUT2D eigenvalue weighted by Crippen LogP contribution is 2.34. The number of aromatic nitrogens is 3. The zero-order valence-corrected chi connectivity index (χ0v) is 18.6. The molecule has 6 heteroatoms. The molecule has 2 aromatic heterocycles. The van der Waals surface area contributed by atoms with E-state index in [0.29, 0.717) is 12.5 Å². The van der Waals surface area contributed by atoms with Gasteiger partial charge in [-0.2, -0.15) is 5.10 Å². The summed E-state index contributed by atoms with van der Waals surface area (Å²) in [5.41, 5.74) is 4.92. The van der Waals surface area contributed by atoms with E-state index in [9.17, 15) is 4.39 Å². The van der Waals surface area contributed by atoms with Crippen LogP contribution in [0, 0.1) is 5.82 Å². The molecule has 0 N–H and O–H groups in total. The lowest BCUT2D eigenvalue weighted by Crippen LogP contribution is -2.03. The first kappa shape index (κ1) is 21.4. The maximum atomic E-state index is 13.9. The molecule has 5 aromatic rings. The molecule has 0 aliphatic carbocycles. The molecule has 5 rings (SSSR count). The molecule has 0 bridgehead atoms. The van der Waals surface area contributed by atoms with Crippen LogP contribution in [0.1, 0.15) is 5.56 Å². The van der Waals surface area contributed by atoms with E-state index in [2.05, 4.69) is 10.1 Å². The second-order valence-corrected chi connectivity index (χ2v) is 7.69. The number of hydrogen-bond acceptors (Lipinski definition) is 4. The van der Waals surface area contributed by atoms with Crippen LogP contribution in [0.3, 0.4) is 0 Å². The molecule has 0 unspecified atom stereocenters. The zero-order valence-electron chi connectivity index (χ0n) is 18.6. The van der Waals surface area contributed by atoms with Gasteiger partial charge in [-0.15, -0.1) is 0 Å². The summed E-state index contributed by atoms with van der Waals surface area (Å²) in [5.74, 6) is 0.893. The largest absolute Gasteiger partial charge is 0.497 e. The number of ether oxygens (including phenoxy) is 2. The zero-order chi connectivity index (χ0) is 23.3. The molecule has 0 spiro atoms. The van der Waals surface area contributed by atoms with Gasteiger partial charge < -0.3 is 9.47 Å². The first-order valence-corrected chi connectivity index (χ1v) is 10.8. The Labute approximate surface area is 197 Å². The van der Waals surface area contributed by atoms with Crippen LogP contribution in [-0.4, -0.2) is 21.9 Å². The molecule has 168 valence electrons. The summed E-state index contributed by atoms with van der Waals surface area (Å²) in [5, 5.41) is 4.53. The highest BCUT2D eigenvalue weighted by atomic mass is 19.1. The third kappa shape index (κ3) is 4.52. The predicted molar refractivity (Wildman–Crippen MR) is 130 cm³/mol. The first-order valence-electron chi connectivity index (χ1n) is 10.8. The predicted octanol–water partition coefficient (Wildman–Crippen LogP) is 6.33.